The van der Waals surface area contributed by atoms with E-state index in [2.05, 4.69) is 5.32 Å². The van der Waals surface area contributed by atoms with Crippen molar-refractivity contribution in [1.29, 1.82) is 0 Å². The van der Waals surface area contributed by atoms with Crippen LogP contribution in [0.15, 0.2) is 48.7 Å². The van der Waals surface area contributed by atoms with Gasteiger partial charge in [-0.05, 0) is 29.8 Å². The Morgan fingerprint density at radius 1 is 1.13 bits per heavy atom. The first kappa shape index (κ1) is 19.4. The van der Waals surface area contributed by atoms with Gasteiger partial charge in [-0.25, -0.2) is 4.79 Å². The molecule has 30 heavy (non-hydrogen) atoms. The van der Waals surface area contributed by atoms with Crippen LogP contribution in [-0.2, 0) is 4.79 Å². The highest BCUT2D eigenvalue weighted by molar-refractivity contribution is 6.04. The average Bonchev–Trinajstić information content (AvgIpc) is 3.13. The van der Waals surface area contributed by atoms with E-state index in [1.165, 1.54) is 20.4 Å². The number of rotatable bonds is 5. The highest BCUT2D eigenvalue weighted by atomic mass is 16.5. The standard InChI is InChI=1S/C22H20N2O6/c1-29-16-8-12(9-17(30-2)21(16)26)14-10-18(25)23-19-15(22(27)28)11-24(20(14)19)13-6-4-3-5-7-13/h3-9,11,14,26H,10H2,1-2H3,(H,23,25)(H,27,28)/t14-/m0/s1. The molecule has 0 fully saturated rings. The number of hydrogen-bond donors (Lipinski definition) is 3. The number of nitrogens with zero attached hydrogens (tertiary/aromatic N) is 1. The molecular weight excluding hydrogens is 388 g/mol. The smallest absolute Gasteiger partial charge is 0.339 e. The third-order valence-corrected chi connectivity index (χ3v) is 5.20. The fourth-order valence-corrected chi connectivity index (χ4v) is 3.82. The zero-order valence-corrected chi connectivity index (χ0v) is 16.4. The molecular formula is C22H20N2O6. The summed E-state index contributed by atoms with van der Waals surface area (Å²) < 4.78 is 12.3. The van der Waals surface area contributed by atoms with E-state index in [4.69, 9.17) is 9.47 Å². The van der Waals surface area contributed by atoms with Gasteiger partial charge in [-0.3, -0.25) is 4.79 Å². The van der Waals surface area contributed by atoms with Gasteiger partial charge in [0.25, 0.3) is 0 Å². The molecule has 0 saturated carbocycles. The Hall–Kier alpha value is -3.94. The number of aromatic hydroxyl groups is 1. The fraction of sp³-hybridized carbons (Fsp3) is 0.182. The van der Waals surface area contributed by atoms with Crippen molar-refractivity contribution in [2.24, 2.45) is 0 Å². The van der Waals surface area contributed by atoms with Crippen LogP contribution in [0.1, 0.15) is 34.0 Å². The van der Waals surface area contributed by atoms with Crippen LogP contribution < -0.4 is 14.8 Å². The Morgan fingerprint density at radius 3 is 2.33 bits per heavy atom. The zero-order valence-electron chi connectivity index (χ0n) is 16.4. The van der Waals surface area contributed by atoms with Gasteiger partial charge >= 0.3 is 5.97 Å². The molecule has 2 aromatic carbocycles. The third kappa shape index (κ3) is 3.12. The Morgan fingerprint density at radius 2 is 1.77 bits per heavy atom. The number of carboxylic acids is 1. The van der Waals surface area contributed by atoms with Gasteiger partial charge in [-0.1, -0.05) is 18.2 Å². The second-order valence-electron chi connectivity index (χ2n) is 6.89. The van der Waals surface area contributed by atoms with Crippen LogP contribution >= 0.6 is 0 Å². The number of aromatic carboxylic acids is 1. The number of carboxylic acid groups (broad SMARTS) is 1. The van der Waals surface area contributed by atoms with Crippen LogP contribution in [0.2, 0.25) is 0 Å². The molecule has 1 aromatic heterocycles. The number of phenols is 1. The number of anilines is 1. The topological polar surface area (TPSA) is 110 Å². The lowest BCUT2D eigenvalue weighted by Crippen LogP contribution is -2.25. The van der Waals surface area contributed by atoms with Crippen LogP contribution in [-0.4, -0.2) is 40.9 Å². The largest absolute Gasteiger partial charge is 0.502 e. The molecule has 4 rings (SSSR count). The van der Waals surface area contributed by atoms with Gasteiger partial charge in [0.05, 0.1) is 25.6 Å². The zero-order chi connectivity index (χ0) is 21.4. The molecule has 154 valence electrons. The average molecular weight is 408 g/mol. The Balaban J connectivity index is 1.98. The first-order valence-electron chi connectivity index (χ1n) is 9.23. The highest BCUT2D eigenvalue weighted by Crippen LogP contribution is 2.46. The number of nitrogens with one attached hydrogen (secondary N) is 1. The number of phenolic OH excluding ortho intramolecular Hbond substituents is 1. The predicted molar refractivity (Wildman–Crippen MR) is 109 cm³/mol. The Kier molecular flexibility index (Phi) is 4.83. The molecule has 1 atom stereocenters. The highest BCUT2D eigenvalue weighted by Gasteiger charge is 2.35. The molecule has 0 spiro atoms. The molecule has 2 heterocycles. The maximum atomic E-state index is 12.5. The van der Waals surface area contributed by atoms with E-state index in [1.807, 2.05) is 30.3 Å². The van der Waals surface area contributed by atoms with E-state index in [9.17, 15) is 19.8 Å². The maximum absolute atomic E-state index is 12.5. The van der Waals surface area contributed by atoms with Crippen molar-refractivity contribution >= 4 is 17.6 Å². The number of methoxy groups -OCH3 is 2. The number of hydrogen-bond acceptors (Lipinski definition) is 5. The lowest BCUT2D eigenvalue weighted by Gasteiger charge is -2.27. The van der Waals surface area contributed by atoms with Crippen molar-refractivity contribution in [3.8, 4) is 22.9 Å². The molecule has 1 amide bonds. The molecule has 0 saturated heterocycles. The number of benzene rings is 2. The Bertz CT molecular complexity index is 1110. The number of ether oxygens (including phenoxy) is 2. The summed E-state index contributed by atoms with van der Waals surface area (Å²) in [4.78, 5) is 24.4. The summed E-state index contributed by atoms with van der Waals surface area (Å²) in [5.74, 6) is -1.66. The predicted octanol–water partition coefficient (Wildman–Crippen LogP) is 3.37. The molecule has 8 nitrogen and oxygen atoms in total. The van der Waals surface area contributed by atoms with Crippen molar-refractivity contribution < 1.29 is 29.3 Å². The quantitative estimate of drug-likeness (QED) is 0.597. The number of para-hydroxylation sites is 1. The van der Waals surface area contributed by atoms with Crippen LogP contribution in [0, 0.1) is 0 Å². The first-order valence-corrected chi connectivity index (χ1v) is 9.23. The van der Waals surface area contributed by atoms with E-state index in [1.54, 1.807) is 16.7 Å². The van der Waals surface area contributed by atoms with E-state index in [0.717, 1.165) is 5.69 Å². The number of fused-ring (bicyclic) bond motifs is 1. The normalized spacial score (nSPS) is 15.3. The van der Waals surface area contributed by atoms with E-state index in [-0.39, 0.29) is 40.8 Å². The molecule has 3 aromatic rings. The minimum atomic E-state index is -1.14. The Labute approximate surface area is 172 Å². The molecule has 0 aliphatic carbocycles. The molecule has 3 N–H and O–H groups in total. The van der Waals surface area contributed by atoms with Crippen molar-refractivity contribution in [2.45, 2.75) is 12.3 Å². The summed E-state index contributed by atoms with van der Waals surface area (Å²) in [6, 6.07) is 12.6. The van der Waals surface area contributed by atoms with Crippen molar-refractivity contribution in [3.63, 3.8) is 0 Å². The van der Waals surface area contributed by atoms with Crippen LogP contribution in [0.25, 0.3) is 5.69 Å². The van der Waals surface area contributed by atoms with Crippen LogP contribution in [0.4, 0.5) is 5.69 Å². The van der Waals surface area contributed by atoms with Crippen LogP contribution in [0.3, 0.4) is 0 Å². The summed E-state index contributed by atoms with van der Waals surface area (Å²) in [5.41, 5.74) is 2.32. The number of aromatic nitrogens is 1. The van der Waals surface area contributed by atoms with Crippen LogP contribution in [0.5, 0.6) is 17.2 Å². The van der Waals surface area contributed by atoms with Gasteiger partial charge in [0, 0.05) is 24.2 Å². The second kappa shape index (κ2) is 7.47. The van der Waals surface area contributed by atoms with E-state index < -0.39 is 11.9 Å². The SMILES string of the molecule is COc1cc([C@@H]2CC(=O)Nc3c(C(=O)O)cn(-c4ccccc4)c32)cc(OC)c1O. The lowest BCUT2D eigenvalue weighted by atomic mass is 9.87. The summed E-state index contributed by atoms with van der Waals surface area (Å²) in [6.07, 6.45) is 1.61. The van der Waals surface area contributed by atoms with E-state index in [0.29, 0.717) is 11.3 Å². The minimum absolute atomic E-state index is 0.00427. The van der Waals surface area contributed by atoms with Crippen molar-refractivity contribution in [3.05, 3.63) is 65.5 Å². The molecule has 1 aliphatic heterocycles. The number of carbonyl (C=O) groups excluding carboxylic acids is 1. The first-order chi connectivity index (χ1) is 14.4. The molecule has 0 radical (unpaired) electrons. The second-order valence-corrected chi connectivity index (χ2v) is 6.89. The summed E-state index contributed by atoms with van der Waals surface area (Å²) in [5, 5.41) is 22.7. The van der Waals surface area contributed by atoms with Crippen molar-refractivity contribution in [1.82, 2.24) is 4.57 Å². The lowest BCUT2D eigenvalue weighted by molar-refractivity contribution is -0.116. The van der Waals surface area contributed by atoms with Gasteiger partial charge in [-0.15, -0.1) is 0 Å². The number of amides is 1. The third-order valence-electron chi connectivity index (χ3n) is 5.20. The van der Waals surface area contributed by atoms with Gasteiger partial charge in [0.2, 0.25) is 11.7 Å². The molecule has 8 heteroatoms. The minimum Gasteiger partial charge on any atom is -0.502 e. The maximum Gasteiger partial charge on any atom is 0.339 e. The van der Waals surface area contributed by atoms with Gasteiger partial charge in [-0.2, -0.15) is 0 Å². The molecule has 1 aliphatic rings. The van der Waals surface area contributed by atoms with E-state index >= 15 is 0 Å². The molecule has 0 unspecified atom stereocenters. The number of carbonyl (C=O) groups is 2. The summed E-state index contributed by atoms with van der Waals surface area (Å²) in [6.45, 7) is 0. The summed E-state index contributed by atoms with van der Waals surface area (Å²) >= 11 is 0. The molecule has 0 bridgehead atoms. The van der Waals surface area contributed by atoms with Gasteiger partial charge in [0.1, 0.15) is 5.56 Å². The monoisotopic (exact) mass is 408 g/mol. The van der Waals surface area contributed by atoms with Gasteiger partial charge in [0.15, 0.2) is 11.5 Å². The fourth-order valence-electron chi connectivity index (χ4n) is 3.82. The summed E-state index contributed by atoms with van der Waals surface area (Å²) in [7, 11) is 2.85. The van der Waals surface area contributed by atoms with Crippen molar-refractivity contribution in [2.75, 3.05) is 19.5 Å². The van der Waals surface area contributed by atoms with Gasteiger partial charge < -0.3 is 29.6 Å².